The molecule has 0 radical (unpaired) electrons. The van der Waals surface area contributed by atoms with Crippen molar-refractivity contribution in [3.8, 4) is 0 Å². The molecular formula is C15H20N2O6S. The van der Waals surface area contributed by atoms with Crippen LogP contribution < -0.4 is 4.72 Å². The number of amides is 1. The summed E-state index contributed by atoms with van der Waals surface area (Å²) >= 11 is 0. The van der Waals surface area contributed by atoms with Crippen LogP contribution in [0.4, 0.5) is 5.69 Å². The molecule has 1 heterocycles. The van der Waals surface area contributed by atoms with E-state index < -0.39 is 27.9 Å². The lowest BCUT2D eigenvalue weighted by atomic mass is 10.1. The van der Waals surface area contributed by atoms with Crippen LogP contribution in [0.1, 0.15) is 23.7 Å². The quantitative estimate of drug-likeness (QED) is 0.778. The molecule has 24 heavy (non-hydrogen) atoms. The first kappa shape index (κ1) is 18.2. The number of morpholine rings is 1. The van der Waals surface area contributed by atoms with Gasteiger partial charge in [0.15, 0.2) is 6.04 Å². The summed E-state index contributed by atoms with van der Waals surface area (Å²) in [5, 5.41) is 9.21. The molecule has 0 spiro atoms. The van der Waals surface area contributed by atoms with Crippen LogP contribution in [0.15, 0.2) is 24.3 Å². The summed E-state index contributed by atoms with van der Waals surface area (Å²) in [6, 6.07) is 4.97. The molecule has 1 saturated heterocycles. The average molecular weight is 356 g/mol. The summed E-state index contributed by atoms with van der Waals surface area (Å²) in [6.45, 7) is 2.12. The second-order valence-electron chi connectivity index (χ2n) is 5.43. The maximum absolute atomic E-state index is 12.6. The fourth-order valence-corrected chi connectivity index (χ4v) is 3.56. The number of aliphatic carboxylic acids is 1. The zero-order valence-corrected chi connectivity index (χ0v) is 14.1. The van der Waals surface area contributed by atoms with Crippen LogP contribution in [-0.2, 0) is 19.6 Å². The molecule has 1 aliphatic heterocycles. The van der Waals surface area contributed by atoms with Gasteiger partial charge in [0.1, 0.15) is 0 Å². The molecule has 1 atom stereocenters. The normalized spacial score (nSPS) is 18.2. The summed E-state index contributed by atoms with van der Waals surface area (Å²) < 4.78 is 31.2. The topological polar surface area (TPSA) is 113 Å². The Morgan fingerprint density at radius 2 is 2.17 bits per heavy atom. The van der Waals surface area contributed by atoms with E-state index in [0.29, 0.717) is 6.42 Å². The molecule has 1 amide bonds. The standard InChI is InChI=1S/C15H20N2O6S/c1-2-8-24(21,22)16-12-5-3-4-11(9-12)14(18)17-6-7-23-10-13(17)15(19)20/h3-5,9,13,16H,2,6-8,10H2,1H3,(H,19,20). The molecule has 132 valence electrons. The van der Waals surface area contributed by atoms with Crippen LogP contribution in [0.5, 0.6) is 0 Å². The lowest BCUT2D eigenvalue weighted by Gasteiger charge is -2.32. The number of anilines is 1. The maximum Gasteiger partial charge on any atom is 0.328 e. The fraction of sp³-hybridized carbons (Fsp3) is 0.467. The molecule has 1 fully saturated rings. The molecular weight excluding hydrogens is 336 g/mol. The lowest BCUT2D eigenvalue weighted by Crippen LogP contribution is -2.52. The summed E-state index contributed by atoms with van der Waals surface area (Å²) in [7, 11) is -3.47. The van der Waals surface area contributed by atoms with Gasteiger partial charge in [-0.1, -0.05) is 13.0 Å². The number of carbonyl (C=O) groups excluding carboxylic acids is 1. The van der Waals surface area contributed by atoms with E-state index >= 15 is 0 Å². The lowest BCUT2D eigenvalue weighted by molar-refractivity contribution is -0.147. The van der Waals surface area contributed by atoms with Crippen LogP contribution >= 0.6 is 0 Å². The van der Waals surface area contributed by atoms with E-state index in [2.05, 4.69) is 4.72 Å². The molecule has 2 rings (SSSR count). The largest absolute Gasteiger partial charge is 0.480 e. The van der Waals surface area contributed by atoms with Crippen LogP contribution in [0.25, 0.3) is 0 Å². The molecule has 8 nitrogen and oxygen atoms in total. The zero-order valence-electron chi connectivity index (χ0n) is 13.3. The molecule has 1 aliphatic rings. The Labute approximate surface area is 140 Å². The third-order valence-electron chi connectivity index (χ3n) is 3.53. The van der Waals surface area contributed by atoms with Crippen molar-refractivity contribution in [2.24, 2.45) is 0 Å². The summed E-state index contributed by atoms with van der Waals surface area (Å²) in [6.07, 6.45) is 0.474. The minimum atomic E-state index is -3.47. The predicted octanol–water partition coefficient (Wildman–Crippen LogP) is 0.764. The molecule has 9 heteroatoms. The molecule has 1 aromatic rings. The molecule has 2 N–H and O–H groups in total. The summed E-state index contributed by atoms with van der Waals surface area (Å²) in [4.78, 5) is 25.1. The summed E-state index contributed by atoms with van der Waals surface area (Å²) in [5.41, 5.74) is 0.495. The first-order chi connectivity index (χ1) is 11.3. The second-order valence-corrected chi connectivity index (χ2v) is 7.27. The van der Waals surface area contributed by atoms with Crippen molar-refractivity contribution >= 4 is 27.6 Å². The monoisotopic (exact) mass is 356 g/mol. The number of carboxylic acid groups (broad SMARTS) is 1. The van der Waals surface area contributed by atoms with Crippen LogP contribution in [-0.4, -0.2) is 61.9 Å². The number of nitrogens with one attached hydrogen (secondary N) is 1. The van der Waals surface area contributed by atoms with Crippen molar-refractivity contribution in [1.82, 2.24) is 4.90 Å². The predicted molar refractivity (Wildman–Crippen MR) is 87.4 cm³/mol. The van der Waals surface area contributed by atoms with Gasteiger partial charge in [-0.3, -0.25) is 9.52 Å². The average Bonchev–Trinajstić information content (AvgIpc) is 2.53. The molecule has 1 unspecified atom stereocenters. The van der Waals surface area contributed by atoms with E-state index in [1.54, 1.807) is 13.0 Å². The smallest absolute Gasteiger partial charge is 0.328 e. The minimum Gasteiger partial charge on any atom is -0.480 e. The Hall–Kier alpha value is -2.13. The van der Waals surface area contributed by atoms with E-state index in [-0.39, 0.29) is 36.8 Å². The van der Waals surface area contributed by atoms with Gasteiger partial charge in [-0.15, -0.1) is 0 Å². The van der Waals surface area contributed by atoms with Crippen LogP contribution in [0.2, 0.25) is 0 Å². The van der Waals surface area contributed by atoms with Crippen molar-refractivity contribution in [3.63, 3.8) is 0 Å². The molecule has 0 bridgehead atoms. The zero-order chi connectivity index (χ0) is 17.7. The van der Waals surface area contributed by atoms with Gasteiger partial charge in [0.2, 0.25) is 10.0 Å². The third-order valence-corrected chi connectivity index (χ3v) is 5.02. The Bertz CT molecular complexity index is 718. The van der Waals surface area contributed by atoms with Gasteiger partial charge in [-0.2, -0.15) is 0 Å². The number of carboxylic acids is 1. The Kier molecular flexibility index (Phi) is 5.79. The first-order valence-corrected chi connectivity index (χ1v) is 9.21. The number of ether oxygens (including phenoxy) is 1. The van der Waals surface area contributed by atoms with E-state index in [9.17, 15) is 23.1 Å². The molecule has 0 saturated carbocycles. The van der Waals surface area contributed by atoms with E-state index in [1.165, 1.54) is 23.1 Å². The van der Waals surface area contributed by atoms with E-state index in [0.717, 1.165) is 0 Å². The summed E-state index contributed by atoms with van der Waals surface area (Å²) in [5.74, 6) is -1.62. The van der Waals surface area contributed by atoms with Crippen molar-refractivity contribution in [2.75, 3.05) is 30.2 Å². The number of benzene rings is 1. The number of sulfonamides is 1. The van der Waals surface area contributed by atoms with E-state index in [1.807, 2.05) is 0 Å². The number of hydrogen-bond donors (Lipinski definition) is 2. The van der Waals surface area contributed by atoms with Gasteiger partial charge in [-0.05, 0) is 24.6 Å². The van der Waals surface area contributed by atoms with Crippen LogP contribution in [0.3, 0.4) is 0 Å². The van der Waals surface area contributed by atoms with Gasteiger partial charge in [0.25, 0.3) is 5.91 Å². The number of nitrogens with zero attached hydrogens (tertiary/aromatic N) is 1. The van der Waals surface area contributed by atoms with Gasteiger partial charge in [0.05, 0.1) is 19.0 Å². The SMILES string of the molecule is CCCS(=O)(=O)Nc1cccc(C(=O)N2CCOCC2C(=O)O)c1. The van der Waals surface area contributed by atoms with Crippen molar-refractivity contribution in [2.45, 2.75) is 19.4 Å². The van der Waals surface area contributed by atoms with E-state index in [4.69, 9.17) is 4.74 Å². The van der Waals surface area contributed by atoms with Gasteiger partial charge < -0.3 is 14.7 Å². The van der Waals surface area contributed by atoms with Crippen LogP contribution in [0, 0.1) is 0 Å². The van der Waals surface area contributed by atoms with Gasteiger partial charge in [0, 0.05) is 17.8 Å². The maximum atomic E-state index is 12.6. The number of carbonyl (C=O) groups is 2. The number of hydrogen-bond acceptors (Lipinski definition) is 5. The highest BCUT2D eigenvalue weighted by Crippen LogP contribution is 2.17. The van der Waals surface area contributed by atoms with Gasteiger partial charge >= 0.3 is 5.97 Å². The minimum absolute atomic E-state index is 0.0181. The highest BCUT2D eigenvalue weighted by molar-refractivity contribution is 7.92. The molecule has 1 aromatic carbocycles. The Morgan fingerprint density at radius 1 is 1.42 bits per heavy atom. The van der Waals surface area contributed by atoms with Gasteiger partial charge in [-0.25, -0.2) is 13.2 Å². The number of rotatable bonds is 6. The second kappa shape index (κ2) is 7.63. The molecule has 0 aromatic heterocycles. The Morgan fingerprint density at radius 3 is 2.83 bits per heavy atom. The van der Waals surface area contributed by atoms with Crippen molar-refractivity contribution in [3.05, 3.63) is 29.8 Å². The van der Waals surface area contributed by atoms with Crippen molar-refractivity contribution in [1.29, 1.82) is 0 Å². The highest BCUT2D eigenvalue weighted by Gasteiger charge is 2.33. The third kappa shape index (κ3) is 4.45. The fourth-order valence-electron chi connectivity index (χ4n) is 2.43. The highest BCUT2D eigenvalue weighted by atomic mass is 32.2. The Balaban J connectivity index is 2.21. The van der Waals surface area contributed by atoms with Crippen molar-refractivity contribution < 1.29 is 27.9 Å². The first-order valence-electron chi connectivity index (χ1n) is 7.56. The molecule has 0 aliphatic carbocycles.